The van der Waals surface area contributed by atoms with Crippen molar-refractivity contribution < 1.29 is 0 Å². The first-order valence-corrected chi connectivity index (χ1v) is 3.91. The molecular formula is C7H15N3. The van der Waals surface area contributed by atoms with Crippen molar-refractivity contribution in [3.8, 4) is 0 Å². The fraction of sp³-hybridized carbons (Fsp3) is 1.00. The van der Waals surface area contributed by atoms with Crippen LogP contribution in [0.5, 0.6) is 0 Å². The van der Waals surface area contributed by atoms with Crippen LogP contribution in [0.3, 0.4) is 0 Å². The third kappa shape index (κ3) is 0.713. The Kier molecular flexibility index (Phi) is 1.27. The smallest absolute Gasteiger partial charge is 0.0448 e. The van der Waals surface area contributed by atoms with E-state index in [1.807, 2.05) is 0 Å². The van der Waals surface area contributed by atoms with Gasteiger partial charge >= 0.3 is 0 Å². The van der Waals surface area contributed by atoms with Gasteiger partial charge in [-0.2, -0.15) is 0 Å². The minimum absolute atomic E-state index is 0.277. The number of likely N-dealkylation sites (tertiary alicyclic amines) is 1. The van der Waals surface area contributed by atoms with Gasteiger partial charge in [0.15, 0.2) is 0 Å². The first kappa shape index (κ1) is 6.58. The molecule has 0 spiro atoms. The van der Waals surface area contributed by atoms with E-state index in [-0.39, 0.29) is 5.54 Å². The second-order valence-corrected chi connectivity index (χ2v) is 3.64. The molecule has 2 aliphatic heterocycles. The number of rotatable bonds is 1. The lowest BCUT2D eigenvalue weighted by atomic mass is 10.0. The first-order valence-electron chi connectivity index (χ1n) is 3.91. The molecule has 2 aliphatic rings. The van der Waals surface area contributed by atoms with Crippen molar-refractivity contribution in [3.63, 3.8) is 0 Å². The minimum atomic E-state index is 0.277. The summed E-state index contributed by atoms with van der Waals surface area (Å²) >= 11 is 0. The molecule has 0 aromatic carbocycles. The molecule has 2 heterocycles. The topological polar surface area (TPSA) is 41.3 Å². The molecule has 0 aromatic rings. The average Bonchev–Trinajstić information content (AvgIpc) is 2.45. The maximum atomic E-state index is 5.68. The molecule has 2 bridgehead atoms. The lowest BCUT2D eigenvalue weighted by molar-refractivity contribution is 0.239. The maximum Gasteiger partial charge on any atom is 0.0448 e. The lowest BCUT2D eigenvalue weighted by Gasteiger charge is -2.30. The lowest BCUT2D eigenvalue weighted by Crippen LogP contribution is -2.54. The molecule has 3 nitrogen and oxygen atoms in total. The number of nitrogens with zero attached hydrogens (tertiary/aromatic N) is 1. The van der Waals surface area contributed by atoms with E-state index < -0.39 is 0 Å². The van der Waals surface area contributed by atoms with Gasteiger partial charge in [0.1, 0.15) is 0 Å². The Labute approximate surface area is 61.6 Å². The predicted octanol–water partition coefficient (Wildman–Crippen LogP) is -1.01. The average molecular weight is 141 g/mol. The zero-order chi connectivity index (χ0) is 7.19. The van der Waals surface area contributed by atoms with Crippen molar-refractivity contribution in [2.75, 3.05) is 26.7 Å². The van der Waals surface area contributed by atoms with Crippen molar-refractivity contribution >= 4 is 0 Å². The van der Waals surface area contributed by atoms with E-state index in [4.69, 9.17) is 5.73 Å². The van der Waals surface area contributed by atoms with E-state index in [1.165, 1.54) is 6.42 Å². The SMILES string of the molecule is CN1CC2(CN)CC1CN2. The number of piperazine rings is 1. The summed E-state index contributed by atoms with van der Waals surface area (Å²) in [6.07, 6.45) is 1.25. The van der Waals surface area contributed by atoms with Crippen molar-refractivity contribution in [2.24, 2.45) is 5.73 Å². The number of nitrogens with two attached hydrogens (primary N) is 1. The molecule has 0 amide bonds. The third-order valence-electron chi connectivity index (χ3n) is 2.91. The molecule has 2 fully saturated rings. The summed E-state index contributed by atoms with van der Waals surface area (Å²) in [5, 5.41) is 3.48. The third-order valence-corrected chi connectivity index (χ3v) is 2.91. The molecule has 3 heteroatoms. The molecule has 2 saturated heterocycles. The van der Waals surface area contributed by atoms with Gasteiger partial charge in [-0.25, -0.2) is 0 Å². The van der Waals surface area contributed by atoms with Crippen LogP contribution >= 0.6 is 0 Å². The van der Waals surface area contributed by atoms with Crippen LogP contribution in [0, 0.1) is 0 Å². The highest BCUT2D eigenvalue weighted by molar-refractivity contribution is 5.08. The van der Waals surface area contributed by atoms with E-state index in [1.54, 1.807) is 0 Å². The molecule has 0 radical (unpaired) electrons. The predicted molar refractivity (Wildman–Crippen MR) is 40.8 cm³/mol. The fourth-order valence-corrected chi connectivity index (χ4v) is 2.19. The van der Waals surface area contributed by atoms with Crippen molar-refractivity contribution in [1.29, 1.82) is 0 Å². The summed E-state index contributed by atoms with van der Waals surface area (Å²) in [6, 6.07) is 0.753. The summed E-state index contributed by atoms with van der Waals surface area (Å²) in [5.74, 6) is 0. The molecule has 0 aliphatic carbocycles. The van der Waals surface area contributed by atoms with Crippen LogP contribution in [-0.2, 0) is 0 Å². The summed E-state index contributed by atoms with van der Waals surface area (Å²) < 4.78 is 0. The normalized spacial score (nSPS) is 46.8. The second kappa shape index (κ2) is 1.94. The fourth-order valence-electron chi connectivity index (χ4n) is 2.19. The summed E-state index contributed by atoms with van der Waals surface area (Å²) in [5.41, 5.74) is 5.96. The Bertz CT molecular complexity index is 144. The molecule has 0 aromatic heterocycles. The Balaban J connectivity index is 2.14. The van der Waals surface area contributed by atoms with Gasteiger partial charge < -0.3 is 16.0 Å². The number of nitrogens with one attached hydrogen (secondary N) is 1. The monoisotopic (exact) mass is 141 g/mol. The quantitative estimate of drug-likeness (QED) is 0.492. The van der Waals surface area contributed by atoms with Crippen LogP contribution in [0.15, 0.2) is 0 Å². The molecule has 0 saturated carbocycles. The zero-order valence-corrected chi connectivity index (χ0v) is 6.43. The van der Waals surface area contributed by atoms with Gasteiger partial charge in [-0.1, -0.05) is 0 Å². The summed E-state index contributed by atoms with van der Waals surface area (Å²) in [7, 11) is 2.18. The van der Waals surface area contributed by atoms with E-state index >= 15 is 0 Å². The van der Waals surface area contributed by atoms with Gasteiger partial charge in [0, 0.05) is 31.2 Å². The highest BCUT2D eigenvalue weighted by Gasteiger charge is 2.46. The van der Waals surface area contributed by atoms with E-state index in [0.29, 0.717) is 0 Å². The van der Waals surface area contributed by atoms with Crippen molar-refractivity contribution in [1.82, 2.24) is 10.2 Å². The zero-order valence-electron chi connectivity index (χ0n) is 6.43. The van der Waals surface area contributed by atoms with E-state index in [2.05, 4.69) is 17.3 Å². The molecule has 2 rings (SSSR count). The molecule has 2 unspecified atom stereocenters. The number of likely N-dealkylation sites (N-methyl/N-ethyl adjacent to an activating group) is 1. The Hall–Kier alpha value is -0.120. The van der Waals surface area contributed by atoms with E-state index in [9.17, 15) is 0 Å². The van der Waals surface area contributed by atoms with Crippen LogP contribution in [-0.4, -0.2) is 43.2 Å². The standard InChI is InChI=1S/C7H15N3/c1-10-5-7(4-8)2-6(10)3-9-7/h6,9H,2-5,8H2,1H3. The molecule has 58 valence electrons. The van der Waals surface area contributed by atoms with E-state index in [0.717, 1.165) is 25.7 Å². The highest BCUT2D eigenvalue weighted by atomic mass is 15.3. The van der Waals surface area contributed by atoms with Gasteiger partial charge in [0.2, 0.25) is 0 Å². The summed E-state index contributed by atoms with van der Waals surface area (Å²) in [6.45, 7) is 3.05. The van der Waals surface area contributed by atoms with Crippen molar-refractivity contribution in [3.05, 3.63) is 0 Å². The van der Waals surface area contributed by atoms with Crippen LogP contribution in [0.25, 0.3) is 0 Å². The second-order valence-electron chi connectivity index (χ2n) is 3.64. The maximum absolute atomic E-state index is 5.68. The number of hydrogen-bond donors (Lipinski definition) is 2. The largest absolute Gasteiger partial charge is 0.329 e. The molecular weight excluding hydrogens is 126 g/mol. The van der Waals surface area contributed by atoms with Crippen LogP contribution in [0.1, 0.15) is 6.42 Å². The van der Waals surface area contributed by atoms with Gasteiger partial charge in [-0.3, -0.25) is 0 Å². The Morgan fingerprint density at radius 3 is 2.90 bits per heavy atom. The highest BCUT2D eigenvalue weighted by Crippen LogP contribution is 2.30. The number of hydrogen-bond acceptors (Lipinski definition) is 3. The van der Waals surface area contributed by atoms with Gasteiger partial charge in [0.25, 0.3) is 0 Å². The molecule has 3 N–H and O–H groups in total. The van der Waals surface area contributed by atoms with Crippen molar-refractivity contribution in [2.45, 2.75) is 18.0 Å². The van der Waals surface area contributed by atoms with Gasteiger partial charge in [0.05, 0.1) is 0 Å². The van der Waals surface area contributed by atoms with Crippen LogP contribution < -0.4 is 11.1 Å². The molecule has 10 heavy (non-hydrogen) atoms. The van der Waals surface area contributed by atoms with Crippen LogP contribution in [0.2, 0.25) is 0 Å². The summed E-state index contributed by atoms with van der Waals surface area (Å²) in [4.78, 5) is 2.41. The minimum Gasteiger partial charge on any atom is -0.329 e. The van der Waals surface area contributed by atoms with Gasteiger partial charge in [-0.05, 0) is 13.5 Å². The first-order chi connectivity index (χ1) is 4.76. The Morgan fingerprint density at radius 1 is 1.80 bits per heavy atom. The van der Waals surface area contributed by atoms with Gasteiger partial charge in [-0.15, -0.1) is 0 Å². The van der Waals surface area contributed by atoms with Crippen LogP contribution in [0.4, 0.5) is 0 Å². The Morgan fingerprint density at radius 2 is 2.60 bits per heavy atom. The number of fused-ring (bicyclic) bond motifs is 2. The molecule has 2 atom stereocenters.